The van der Waals surface area contributed by atoms with Crippen molar-refractivity contribution < 1.29 is 19.2 Å². The molecule has 2 aromatic carbocycles. The number of hydrogen-bond acceptors (Lipinski definition) is 6. The molecule has 0 radical (unpaired) electrons. The van der Waals surface area contributed by atoms with Crippen LogP contribution in [0.5, 0.6) is 11.5 Å². The van der Waals surface area contributed by atoms with E-state index in [1.807, 2.05) is 24.3 Å². The second kappa shape index (κ2) is 8.60. The lowest BCUT2D eigenvalue weighted by atomic mass is 10.2. The fourth-order valence-electron chi connectivity index (χ4n) is 3.18. The number of nitro groups is 1. The first kappa shape index (κ1) is 19.5. The van der Waals surface area contributed by atoms with Gasteiger partial charge in [0.2, 0.25) is 0 Å². The van der Waals surface area contributed by atoms with Crippen LogP contribution >= 0.6 is 0 Å². The van der Waals surface area contributed by atoms with Gasteiger partial charge in [-0.05, 0) is 37.3 Å². The highest BCUT2D eigenvalue weighted by atomic mass is 16.6. The minimum absolute atomic E-state index is 0.102. The Bertz CT molecular complexity index is 832. The highest BCUT2D eigenvalue weighted by Crippen LogP contribution is 2.27. The third-order valence-electron chi connectivity index (χ3n) is 4.74. The average Bonchev–Trinajstić information content (AvgIpc) is 2.73. The molecule has 1 fully saturated rings. The van der Waals surface area contributed by atoms with E-state index in [1.54, 1.807) is 31.1 Å². The minimum atomic E-state index is -0.798. The van der Waals surface area contributed by atoms with Gasteiger partial charge in [0.1, 0.15) is 5.75 Å². The number of nitrogens with zero attached hydrogens (tertiary/aromatic N) is 3. The van der Waals surface area contributed by atoms with Crippen LogP contribution < -0.4 is 14.4 Å². The molecule has 0 saturated carbocycles. The largest absolute Gasteiger partial charge is 0.497 e. The number of para-hydroxylation sites is 2. The second-order valence-corrected chi connectivity index (χ2v) is 6.50. The van der Waals surface area contributed by atoms with E-state index in [4.69, 9.17) is 9.47 Å². The molecule has 1 heterocycles. The molecule has 0 N–H and O–H groups in total. The van der Waals surface area contributed by atoms with Crippen molar-refractivity contribution in [1.82, 2.24) is 4.90 Å². The number of rotatable bonds is 6. The summed E-state index contributed by atoms with van der Waals surface area (Å²) in [6, 6.07) is 13.9. The Labute approximate surface area is 163 Å². The van der Waals surface area contributed by atoms with Gasteiger partial charge in [-0.2, -0.15) is 0 Å². The van der Waals surface area contributed by atoms with Gasteiger partial charge in [-0.3, -0.25) is 14.9 Å². The van der Waals surface area contributed by atoms with E-state index < -0.39 is 11.0 Å². The van der Waals surface area contributed by atoms with E-state index in [0.29, 0.717) is 26.2 Å². The Morgan fingerprint density at radius 1 is 1.07 bits per heavy atom. The predicted molar refractivity (Wildman–Crippen MR) is 105 cm³/mol. The van der Waals surface area contributed by atoms with E-state index >= 15 is 0 Å². The van der Waals surface area contributed by atoms with Crippen LogP contribution in [0.2, 0.25) is 0 Å². The van der Waals surface area contributed by atoms with E-state index in [0.717, 1.165) is 11.4 Å². The van der Waals surface area contributed by atoms with Gasteiger partial charge >= 0.3 is 5.69 Å². The van der Waals surface area contributed by atoms with Crippen LogP contribution in [0, 0.1) is 10.1 Å². The van der Waals surface area contributed by atoms with Crippen LogP contribution in [0.3, 0.4) is 0 Å². The highest BCUT2D eigenvalue weighted by molar-refractivity contribution is 5.81. The lowest BCUT2D eigenvalue weighted by Gasteiger charge is -2.37. The summed E-state index contributed by atoms with van der Waals surface area (Å²) in [7, 11) is 1.63. The van der Waals surface area contributed by atoms with Gasteiger partial charge in [-0.15, -0.1) is 0 Å². The highest BCUT2D eigenvalue weighted by Gasteiger charge is 2.27. The summed E-state index contributed by atoms with van der Waals surface area (Å²) in [6.07, 6.45) is -0.798. The summed E-state index contributed by atoms with van der Waals surface area (Å²) < 4.78 is 10.8. The van der Waals surface area contributed by atoms with Gasteiger partial charge < -0.3 is 19.3 Å². The summed E-state index contributed by atoms with van der Waals surface area (Å²) in [5.74, 6) is 0.733. The topological polar surface area (TPSA) is 85.2 Å². The molecule has 0 aromatic heterocycles. The molecule has 1 amide bonds. The lowest BCUT2D eigenvalue weighted by Crippen LogP contribution is -2.52. The maximum atomic E-state index is 12.7. The normalized spacial score (nSPS) is 15.1. The van der Waals surface area contributed by atoms with Crippen LogP contribution in [-0.4, -0.2) is 55.1 Å². The van der Waals surface area contributed by atoms with Crippen molar-refractivity contribution in [2.45, 2.75) is 13.0 Å². The summed E-state index contributed by atoms with van der Waals surface area (Å²) >= 11 is 0. The van der Waals surface area contributed by atoms with Crippen LogP contribution in [0.25, 0.3) is 0 Å². The molecule has 1 unspecified atom stereocenters. The number of nitro benzene ring substituents is 1. The Morgan fingerprint density at radius 3 is 2.32 bits per heavy atom. The van der Waals surface area contributed by atoms with Gasteiger partial charge in [-0.25, -0.2) is 0 Å². The van der Waals surface area contributed by atoms with Crippen LogP contribution in [-0.2, 0) is 4.79 Å². The van der Waals surface area contributed by atoms with E-state index in [9.17, 15) is 14.9 Å². The number of carbonyl (C=O) groups is 1. The van der Waals surface area contributed by atoms with E-state index in [-0.39, 0.29) is 17.3 Å². The molecule has 1 aliphatic rings. The van der Waals surface area contributed by atoms with Crippen molar-refractivity contribution in [3.8, 4) is 11.5 Å². The number of anilines is 1. The van der Waals surface area contributed by atoms with Gasteiger partial charge in [0.15, 0.2) is 11.9 Å². The summed E-state index contributed by atoms with van der Waals surface area (Å²) in [5, 5.41) is 11.1. The smallest absolute Gasteiger partial charge is 0.310 e. The minimum Gasteiger partial charge on any atom is -0.497 e. The second-order valence-electron chi connectivity index (χ2n) is 6.50. The molecule has 28 heavy (non-hydrogen) atoms. The third kappa shape index (κ3) is 4.33. The van der Waals surface area contributed by atoms with Crippen molar-refractivity contribution in [2.75, 3.05) is 38.2 Å². The SMILES string of the molecule is COc1ccc(N2CCN(C(=O)C(C)Oc3ccccc3[N+](=O)[O-])CC2)cc1. The van der Waals surface area contributed by atoms with Crippen LogP contribution in [0.15, 0.2) is 48.5 Å². The molecule has 2 aromatic rings. The maximum Gasteiger partial charge on any atom is 0.310 e. The Morgan fingerprint density at radius 2 is 1.71 bits per heavy atom. The fourth-order valence-corrected chi connectivity index (χ4v) is 3.18. The molecule has 1 atom stereocenters. The molecule has 8 nitrogen and oxygen atoms in total. The van der Waals surface area contributed by atoms with Gasteiger partial charge in [0, 0.05) is 37.9 Å². The summed E-state index contributed by atoms with van der Waals surface area (Å²) in [6.45, 7) is 4.16. The number of piperazine rings is 1. The maximum absolute atomic E-state index is 12.7. The average molecular weight is 385 g/mol. The Kier molecular flexibility index (Phi) is 5.98. The molecule has 148 valence electrons. The first-order valence-corrected chi connectivity index (χ1v) is 9.07. The molecule has 1 saturated heterocycles. The first-order valence-electron chi connectivity index (χ1n) is 9.07. The number of ether oxygens (including phenoxy) is 2. The monoisotopic (exact) mass is 385 g/mol. The number of benzene rings is 2. The summed E-state index contributed by atoms with van der Waals surface area (Å²) in [5.41, 5.74) is 0.934. The number of carbonyl (C=O) groups excluding carboxylic acids is 1. The zero-order chi connectivity index (χ0) is 20.1. The first-order chi connectivity index (χ1) is 13.5. The number of methoxy groups -OCH3 is 1. The molecule has 0 aliphatic carbocycles. The quantitative estimate of drug-likeness (QED) is 0.561. The van der Waals surface area contributed by atoms with Crippen molar-refractivity contribution >= 4 is 17.3 Å². The van der Waals surface area contributed by atoms with Gasteiger partial charge in [0.25, 0.3) is 5.91 Å². The zero-order valence-electron chi connectivity index (χ0n) is 15.9. The molecular formula is C20H23N3O5. The van der Waals surface area contributed by atoms with Crippen molar-refractivity contribution in [3.05, 3.63) is 58.6 Å². The van der Waals surface area contributed by atoms with Gasteiger partial charge in [-0.1, -0.05) is 12.1 Å². The van der Waals surface area contributed by atoms with Crippen LogP contribution in [0.1, 0.15) is 6.92 Å². The van der Waals surface area contributed by atoms with Crippen molar-refractivity contribution in [2.24, 2.45) is 0 Å². The fraction of sp³-hybridized carbons (Fsp3) is 0.350. The number of amides is 1. The zero-order valence-corrected chi connectivity index (χ0v) is 15.9. The molecule has 0 spiro atoms. The molecule has 8 heteroatoms. The lowest BCUT2D eigenvalue weighted by molar-refractivity contribution is -0.386. The van der Waals surface area contributed by atoms with Gasteiger partial charge in [0.05, 0.1) is 12.0 Å². The predicted octanol–water partition coefficient (Wildman–Crippen LogP) is 2.72. The number of hydrogen-bond donors (Lipinski definition) is 0. The third-order valence-corrected chi connectivity index (χ3v) is 4.74. The Balaban J connectivity index is 1.58. The molecular weight excluding hydrogens is 362 g/mol. The van der Waals surface area contributed by atoms with Crippen molar-refractivity contribution in [1.29, 1.82) is 0 Å². The molecule has 0 bridgehead atoms. The van der Waals surface area contributed by atoms with Crippen molar-refractivity contribution in [3.63, 3.8) is 0 Å². The summed E-state index contributed by atoms with van der Waals surface area (Å²) in [4.78, 5) is 27.2. The molecule has 1 aliphatic heterocycles. The van der Waals surface area contributed by atoms with Crippen LogP contribution in [0.4, 0.5) is 11.4 Å². The Hall–Kier alpha value is -3.29. The van der Waals surface area contributed by atoms with E-state index in [1.165, 1.54) is 12.1 Å². The molecule has 3 rings (SSSR count). The van der Waals surface area contributed by atoms with E-state index in [2.05, 4.69) is 4.90 Å². The standard InChI is InChI=1S/C20H23N3O5/c1-15(28-19-6-4-3-5-18(19)23(25)26)20(24)22-13-11-21(12-14-22)16-7-9-17(27-2)10-8-16/h3-10,15H,11-14H2,1-2H3.